The number of pyridine rings is 1. The lowest BCUT2D eigenvalue weighted by Crippen LogP contribution is -2.28. The number of aliphatic hydroxyl groups excluding tert-OH is 1. The van der Waals surface area contributed by atoms with Gasteiger partial charge in [-0.15, -0.1) is 11.3 Å². The van der Waals surface area contributed by atoms with E-state index in [-0.39, 0.29) is 0 Å². The smallest absolute Gasteiger partial charge is 0.169 e. The minimum absolute atomic E-state index is 0.520. The van der Waals surface area contributed by atoms with Gasteiger partial charge in [0, 0.05) is 32.0 Å². The number of aliphatic imine (C=N–C) groups is 1. The fraction of sp³-hybridized carbons (Fsp3) is 0.263. The summed E-state index contributed by atoms with van der Waals surface area (Å²) in [5.74, 6) is 1.40. The van der Waals surface area contributed by atoms with Crippen molar-refractivity contribution in [3.8, 4) is 11.5 Å². The molecule has 7 nitrogen and oxygen atoms in total. The number of hydrogen-bond acceptors (Lipinski definition) is 8. The molecule has 0 spiro atoms. The fourth-order valence-electron chi connectivity index (χ4n) is 3.39. The monoisotopic (exact) mass is 382 g/mol. The lowest BCUT2D eigenvalue weighted by atomic mass is 10.1. The number of ether oxygens (including phenoxy) is 2. The van der Waals surface area contributed by atoms with E-state index in [0.29, 0.717) is 19.0 Å². The number of aromatic nitrogens is 1. The second-order valence-corrected chi connectivity index (χ2v) is 7.60. The molecule has 0 saturated carbocycles. The highest BCUT2D eigenvalue weighted by atomic mass is 32.1. The molecule has 0 aliphatic carbocycles. The number of benzene rings is 1. The predicted octanol–water partition coefficient (Wildman–Crippen LogP) is 3.30. The van der Waals surface area contributed by atoms with Crippen LogP contribution in [0.1, 0.15) is 11.1 Å². The van der Waals surface area contributed by atoms with Crippen molar-refractivity contribution in [2.75, 3.05) is 37.1 Å². The van der Waals surface area contributed by atoms with Crippen LogP contribution in [0.4, 0.5) is 17.1 Å². The van der Waals surface area contributed by atoms with Gasteiger partial charge < -0.3 is 24.4 Å². The van der Waals surface area contributed by atoms with Crippen molar-refractivity contribution in [1.29, 1.82) is 0 Å². The molecule has 2 aliphatic heterocycles. The largest absolute Gasteiger partial charge is 0.486 e. The number of aliphatic hydroxyl groups is 1. The Morgan fingerprint density at radius 2 is 2.00 bits per heavy atom. The van der Waals surface area contributed by atoms with E-state index in [2.05, 4.69) is 9.98 Å². The Balaban J connectivity index is 1.59. The van der Waals surface area contributed by atoms with E-state index in [1.807, 2.05) is 43.3 Å². The van der Waals surface area contributed by atoms with Crippen LogP contribution < -0.4 is 19.3 Å². The van der Waals surface area contributed by atoms with E-state index in [9.17, 15) is 5.11 Å². The molecule has 8 heteroatoms. The van der Waals surface area contributed by atoms with Crippen LogP contribution in [0.5, 0.6) is 11.5 Å². The molecule has 1 N–H and O–H groups in total. The zero-order chi connectivity index (χ0) is 18.5. The minimum Gasteiger partial charge on any atom is -0.486 e. The average Bonchev–Trinajstić information content (AvgIpc) is 3.07. The van der Waals surface area contributed by atoms with Crippen molar-refractivity contribution in [2.24, 2.45) is 4.99 Å². The Kier molecular flexibility index (Phi) is 3.70. The normalized spacial score (nSPS) is 17.9. The Morgan fingerprint density at radius 3 is 2.81 bits per heavy atom. The van der Waals surface area contributed by atoms with E-state index in [1.165, 1.54) is 11.3 Å². The average molecular weight is 382 g/mol. The number of thiophene rings is 1. The van der Waals surface area contributed by atoms with Gasteiger partial charge in [-0.05, 0) is 18.2 Å². The van der Waals surface area contributed by atoms with Gasteiger partial charge in [0.05, 0.1) is 28.0 Å². The highest BCUT2D eigenvalue weighted by molar-refractivity contribution is 7.19. The van der Waals surface area contributed by atoms with Crippen LogP contribution in [-0.4, -0.2) is 43.7 Å². The number of anilines is 2. The zero-order valence-electron chi connectivity index (χ0n) is 14.9. The van der Waals surface area contributed by atoms with E-state index in [0.717, 1.165) is 37.9 Å². The second-order valence-electron chi connectivity index (χ2n) is 6.57. The predicted molar refractivity (Wildman–Crippen MR) is 107 cm³/mol. The lowest BCUT2D eigenvalue weighted by Gasteiger charge is -2.29. The van der Waals surface area contributed by atoms with Gasteiger partial charge >= 0.3 is 0 Å². The quantitative estimate of drug-likeness (QED) is 0.733. The first-order chi connectivity index (χ1) is 13.1. The van der Waals surface area contributed by atoms with Gasteiger partial charge in [0.15, 0.2) is 17.7 Å². The van der Waals surface area contributed by atoms with Crippen LogP contribution in [0, 0.1) is 0 Å². The molecule has 0 bridgehead atoms. The summed E-state index contributed by atoms with van der Waals surface area (Å²) in [6.07, 6.45) is 2.61. The Morgan fingerprint density at radius 1 is 1.19 bits per heavy atom. The summed E-state index contributed by atoms with van der Waals surface area (Å²) in [6, 6.07) is 7.58. The molecule has 2 aromatic heterocycles. The molecular weight excluding hydrogens is 364 g/mol. The maximum atomic E-state index is 11.0. The van der Waals surface area contributed by atoms with E-state index >= 15 is 0 Å². The molecule has 27 heavy (non-hydrogen) atoms. The molecule has 3 aromatic rings. The highest BCUT2D eigenvalue weighted by Crippen LogP contribution is 2.48. The Hall–Kier alpha value is -2.84. The molecule has 5 rings (SSSR count). The van der Waals surface area contributed by atoms with Crippen LogP contribution >= 0.6 is 11.3 Å². The molecule has 0 saturated heterocycles. The van der Waals surface area contributed by atoms with Crippen molar-refractivity contribution < 1.29 is 14.6 Å². The van der Waals surface area contributed by atoms with Gasteiger partial charge in [0.25, 0.3) is 0 Å². The molecule has 1 aromatic carbocycles. The van der Waals surface area contributed by atoms with Gasteiger partial charge in [-0.1, -0.05) is 0 Å². The Bertz CT molecular complexity index is 1060. The number of nitrogens with zero attached hydrogens (tertiary/aromatic N) is 4. The maximum absolute atomic E-state index is 11.0. The summed E-state index contributed by atoms with van der Waals surface area (Å²) in [7, 11) is 3.98. The van der Waals surface area contributed by atoms with Gasteiger partial charge in [0.2, 0.25) is 0 Å². The summed E-state index contributed by atoms with van der Waals surface area (Å²) >= 11 is 1.47. The third-order valence-electron chi connectivity index (χ3n) is 4.69. The lowest BCUT2D eigenvalue weighted by molar-refractivity contribution is 0.171. The van der Waals surface area contributed by atoms with Crippen LogP contribution in [-0.2, 0) is 0 Å². The molecule has 0 amide bonds. The van der Waals surface area contributed by atoms with Crippen molar-refractivity contribution in [3.05, 3.63) is 35.3 Å². The van der Waals surface area contributed by atoms with Gasteiger partial charge in [-0.3, -0.25) is 0 Å². The first-order valence-electron chi connectivity index (χ1n) is 8.62. The van der Waals surface area contributed by atoms with Gasteiger partial charge in [-0.25, -0.2) is 9.98 Å². The highest BCUT2D eigenvalue weighted by Gasteiger charge is 2.30. The molecule has 2 aliphatic rings. The summed E-state index contributed by atoms with van der Waals surface area (Å²) < 4.78 is 11.2. The molecule has 0 radical (unpaired) electrons. The first kappa shape index (κ1) is 16.3. The van der Waals surface area contributed by atoms with Crippen molar-refractivity contribution in [2.45, 2.75) is 6.23 Å². The standard InChI is InChI=1S/C19H18N4O3S/c1-22(2)12-5-6-20-18-15(12)16-17(27-18)19(24)23(10-21-16)11-3-4-13-14(9-11)26-8-7-25-13/h3-6,9-10,19,24H,7-8H2,1-2H3. The third-order valence-corrected chi connectivity index (χ3v) is 5.81. The number of hydrogen-bond donors (Lipinski definition) is 1. The van der Waals surface area contributed by atoms with E-state index in [4.69, 9.17) is 9.47 Å². The molecule has 0 fully saturated rings. The Labute approximate surface area is 160 Å². The van der Waals surface area contributed by atoms with Gasteiger partial charge in [0.1, 0.15) is 18.0 Å². The summed E-state index contributed by atoms with van der Waals surface area (Å²) in [4.78, 5) is 14.5. The van der Waals surface area contributed by atoms with Crippen LogP contribution in [0.2, 0.25) is 0 Å². The van der Waals surface area contributed by atoms with Crippen molar-refractivity contribution in [3.63, 3.8) is 0 Å². The maximum Gasteiger partial charge on any atom is 0.169 e. The molecule has 1 unspecified atom stereocenters. The SMILES string of the molecule is CN(C)c1ccnc2sc3c(c12)N=CN(c1ccc2c(c1)OCCO2)C3O. The fourth-order valence-corrected chi connectivity index (χ4v) is 4.49. The van der Waals surface area contributed by atoms with Crippen molar-refractivity contribution >= 4 is 45.0 Å². The summed E-state index contributed by atoms with van der Waals surface area (Å²) in [5, 5.41) is 12.0. The van der Waals surface area contributed by atoms with Crippen LogP contribution in [0.3, 0.4) is 0 Å². The first-order valence-corrected chi connectivity index (χ1v) is 9.44. The van der Waals surface area contributed by atoms with Crippen LogP contribution in [0.25, 0.3) is 10.2 Å². The van der Waals surface area contributed by atoms with Crippen LogP contribution in [0.15, 0.2) is 35.5 Å². The molecule has 1 atom stereocenters. The topological polar surface area (TPSA) is 70.4 Å². The minimum atomic E-state index is -0.839. The third kappa shape index (κ3) is 2.52. The molecular formula is C19H18N4O3S. The molecule has 4 heterocycles. The number of fused-ring (bicyclic) bond motifs is 4. The van der Waals surface area contributed by atoms with Crippen molar-refractivity contribution in [1.82, 2.24) is 4.98 Å². The van der Waals surface area contributed by atoms with Gasteiger partial charge in [-0.2, -0.15) is 0 Å². The molecule has 138 valence electrons. The van der Waals surface area contributed by atoms with E-state index < -0.39 is 6.23 Å². The summed E-state index contributed by atoms with van der Waals surface area (Å²) in [5.41, 5.74) is 2.61. The summed E-state index contributed by atoms with van der Waals surface area (Å²) in [6.45, 7) is 1.07. The second kappa shape index (κ2) is 6.11. The van der Waals surface area contributed by atoms with E-state index in [1.54, 1.807) is 17.4 Å². The number of rotatable bonds is 2. The zero-order valence-corrected chi connectivity index (χ0v) is 15.7.